The van der Waals surface area contributed by atoms with Gasteiger partial charge in [-0.2, -0.15) is 0 Å². The van der Waals surface area contributed by atoms with Crippen molar-refractivity contribution in [2.45, 2.75) is 13.8 Å². The second kappa shape index (κ2) is 6.00. The molecule has 0 spiro atoms. The van der Waals surface area contributed by atoms with Crippen LogP contribution in [0.4, 0.5) is 11.5 Å². The monoisotopic (exact) mass is 334 g/mol. The van der Waals surface area contributed by atoms with E-state index in [2.05, 4.69) is 36.8 Å². The molecular weight excluding hydrogens is 320 g/mol. The lowest BCUT2D eigenvalue weighted by Crippen LogP contribution is -2.15. The number of anilines is 2. The van der Waals surface area contributed by atoms with Crippen molar-refractivity contribution in [3.8, 4) is 0 Å². The maximum atomic E-state index is 12.1. The highest BCUT2D eigenvalue weighted by molar-refractivity contribution is 9.10. The van der Waals surface area contributed by atoms with Gasteiger partial charge in [0, 0.05) is 11.5 Å². The van der Waals surface area contributed by atoms with E-state index in [-0.39, 0.29) is 11.6 Å². The fourth-order valence-electron chi connectivity index (χ4n) is 1.84. The van der Waals surface area contributed by atoms with Gasteiger partial charge in [-0.25, -0.2) is 0 Å². The Balaban J connectivity index is 2.23. The summed E-state index contributed by atoms with van der Waals surface area (Å²) in [5.41, 5.74) is 3.14. The van der Waals surface area contributed by atoms with Gasteiger partial charge in [-0.1, -0.05) is 6.07 Å². The first-order valence-corrected chi connectivity index (χ1v) is 6.90. The molecule has 0 aliphatic rings. The number of aromatic nitrogens is 2. The van der Waals surface area contributed by atoms with Gasteiger partial charge in [0.25, 0.3) is 5.91 Å². The van der Waals surface area contributed by atoms with Crippen LogP contribution in [0.3, 0.4) is 0 Å². The van der Waals surface area contributed by atoms with Gasteiger partial charge in [0.05, 0.1) is 5.69 Å². The number of benzene rings is 1. The number of rotatable bonds is 3. The van der Waals surface area contributed by atoms with E-state index in [1.54, 1.807) is 19.2 Å². The minimum Gasteiger partial charge on any atom is -0.372 e. The molecule has 5 nitrogen and oxygen atoms in total. The average molecular weight is 335 g/mol. The first kappa shape index (κ1) is 14.5. The summed E-state index contributed by atoms with van der Waals surface area (Å²) in [6.45, 7) is 3.95. The zero-order valence-electron chi connectivity index (χ0n) is 11.5. The number of nitrogens with zero attached hydrogens (tertiary/aromatic N) is 2. The molecule has 20 heavy (non-hydrogen) atoms. The number of carbonyl (C=O) groups is 1. The lowest BCUT2D eigenvalue weighted by atomic mass is 10.1. The molecule has 1 amide bonds. The summed E-state index contributed by atoms with van der Waals surface area (Å²) in [6.07, 6.45) is 0. The minimum absolute atomic E-state index is 0.274. The summed E-state index contributed by atoms with van der Waals surface area (Å²) >= 11 is 3.46. The van der Waals surface area contributed by atoms with Crippen LogP contribution in [0.25, 0.3) is 0 Å². The van der Waals surface area contributed by atoms with Gasteiger partial charge < -0.3 is 10.6 Å². The highest BCUT2D eigenvalue weighted by atomic mass is 79.9. The predicted octanol–water partition coefficient (Wildman–Crippen LogP) is 3.15. The highest BCUT2D eigenvalue weighted by Crippen LogP contribution is 2.28. The van der Waals surface area contributed by atoms with Crippen LogP contribution in [0.15, 0.2) is 28.7 Å². The Morgan fingerprint density at radius 2 is 1.95 bits per heavy atom. The van der Waals surface area contributed by atoms with Crippen LogP contribution in [-0.4, -0.2) is 23.2 Å². The van der Waals surface area contributed by atoms with Crippen LogP contribution in [0.2, 0.25) is 0 Å². The van der Waals surface area contributed by atoms with Gasteiger partial charge >= 0.3 is 0 Å². The van der Waals surface area contributed by atoms with Gasteiger partial charge in [0.15, 0.2) is 5.69 Å². The molecule has 0 aliphatic carbocycles. The van der Waals surface area contributed by atoms with Crippen molar-refractivity contribution in [3.05, 3.63) is 45.6 Å². The largest absolute Gasteiger partial charge is 0.372 e. The molecule has 2 aromatic rings. The van der Waals surface area contributed by atoms with Crippen LogP contribution in [0, 0.1) is 13.8 Å². The van der Waals surface area contributed by atoms with E-state index in [1.165, 1.54) is 0 Å². The summed E-state index contributed by atoms with van der Waals surface area (Å²) in [7, 11) is 1.75. The molecule has 0 aliphatic heterocycles. The number of hydrogen-bond acceptors (Lipinski definition) is 4. The van der Waals surface area contributed by atoms with E-state index in [9.17, 15) is 4.79 Å². The third-order valence-corrected chi connectivity index (χ3v) is 3.45. The summed E-state index contributed by atoms with van der Waals surface area (Å²) < 4.78 is 0.850. The second-order valence-corrected chi connectivity index (χ2v) is 5.30. The van der Waals surface area contributed by atoms with Crippen LogP contribution in [-0.2, 0) is 0 Å². The molecule has 0 radical (unpaired) electrons. The zero-order chi connectivity index (χ0) is 14.7. The van der Waals surface area contributed by atoms with Crippen molar-refractivity contribution in [3.63, 3.8) is 0 Å². The Bertz CT molecular complexity index is 617. The van der Waals surface area contributed by atoms with Crippen LogP contribution in [0.5, 0.6) is 0 Å². The fourth-order valence-corrected chi connectivity index (χ4v) is 2.61. The standard InChI is InChI=1S/C14H15BrN4O/c1-8-6-9(2)13(10(15)7-8)17-14(20)11-4-5-12(16-3)19-18-11/h4-7H,1-3H3,(H,16,19)(H,17,20). The number of carbonyl (C=O) groups excluding carboxylic acids is 1. The van der Waals surface area contributed by atoms with E-state index in [1.807, 2.05) is 26.0 Å². The highest BCUT2D eigenvalue weighted by Gasteiger charge is 2.12. The fraction of sp³-hybridized carbons (Fsp3) is 0.214. The number of aryl methyl sites for hydroxylation is 2. The minimum atomic E-state index is -0.284. The van der Waals surface area contributed by atoms with E-state index >= 15 is 0 Å². The van der Waals surface area contributed by atoms with Crippen molar-refractivity contribution in [2.75, 3.05) is 17.7 Å². The lowest BCUT2D eigenvalue weighted by Gasteiger charge is -2.11. The number of halogens is 1. The van der Waals surface area contributed by atoms with Crippen molar-refractivity contribution >= 4 is 33.3 Å². The van der Waals surface area contributed by atoms with Gasteiger partial charge in [-0.3, -0.25) is 4.79 Å². The Morgan fingerprint density at radius 3 is 2.50 bits per heavy atom. The van der Waals surface area contributed by atoms with Crippen LogP contribution in [0.1, 0.15) is 21.6 Å². The van der Waals surface area contributed by atoms with Crippen molar-refractivity contribution in [2.24, 2.45) is 0 Å². The van der Waals surface area contributed by atoms with Gasteiger partial charge in [-0.05, 0) is 59.1 Å². The van der Waals surface area contributed by atoms with Gasteiger partial charge in [-0.15, -0.1) is 10.2 Å². The summed E-state index contributed by atoms with van der Waals surface area (Å²) in [4.78, 5) is 12.1. The van der Waals surface area contributed by atoms with Crippen molar-refractivity contribution in [1.82, 2.24) is 10.2 Å². The molecule has 1 aromatic carbocycles. The number of amides is 1. The molecule has 104 valence electrons. The molecule has 2 N–H and O–H groups in total. The number of nitrogens with one attached hydrogen (secondary N) is 2. The lowest BCUT2D eigenvalue weighted by molar-refractivity contribution is 0.102. The molecule has 2 rings (SSSR count). The molecule has 0 atom stereocenters. The van der Waals surface area contributed by atoms with E-state index in [4.69, 9.17) is 0 Å². The third kappa shape index (κ3) is 3.14. The van der Waals surface area contributed by atoms with Crippen molar-refractivity contribution < 1.29 is 4.79 Å². The maximum absolute atomic E-state index is 12.1. The third-order valence-electron chi connectivity index (χ3n) is 2.82. The quantitative estimate of drug-likeness (QED) is 0.904. The summed E-state index contributed by atoms with van der Waals surface area (Å²) in [6, 6.07) is 7.30. The Labute approximate surface area is 125 Å². The van der Waals surface area contributed by atoms with Crippen molar-refractivity contribution in [1.29, 1.82) is 0 Å². The molecule has 1 heterocycles. The first-order valence-electron chi connectivity index (χ1n) is 6.11. The molecule has 0 unspecified atom stereocenters. The maximum Gasteiger partial charge on any atom is 0.276 e. The number of hydrogen-bond donors (Lipinski definition) is 2. The van der Waals surface area contributed by atoms with Crippen LogP contribution >= 0.6 is 15.9 Å². The molecule has 6 heteroatoms. The SMILES string of the molecule is CNc1ccc(C(=O)Nc2c(C)cc(C)cc2Br)nn1. The molecule has 0 saturated heterocycles. The normalized spacial score (nSPS) is 10.2. The Morgan fingerprint density at radius 1 is 1.20 bits per heavy atom. The van der Waals surface area contributed by atoms with Crippen LogP contribution < -0.4 is 10.6 Å². The molecule has 0 bridgehead atoms. The molecule has 0 fully saturated rings. The summed E-state index contributed by atoms with van der Waals surface area (Å²) in [5.74, 6) is 0.335. The predicted molar refractivity (Wildman–Crippen MR) is 83.1 cm³/mol. The first-order chi connectivity index (χ1) is 9.51. The topological polar surface area (TPSA) is 66.9 Å². The smallest absolute Gasteiger partial charge is 0.276 e. The van der Waals surface area contributed by atoms with Gasteiger partial charge in [0.2, 0.25) is 0 Å². The Kier molecular flexibility index (Phi) is 4.34. The second-order valence-electron chi connectivity index (χ2n) is 4.45. The van der Waals surface area contributed by atoms with E-state index < -0.39 is 0 Å². The average Bonchev–Trinajstić information content (AvgIpc) is 2.42. The van der Waals surface area contributed by atoms with E-state index in [0.717, 1.165) is 21.3 Å². The zero-order valence-corrected chi connectivity index (χ0v) is 13.1. The molecular formula is C14H15BrN4O. The molecule has 1 aromatic heterocycles. The molecule has 0 saturated carbocycles. The Hall–Kier alpha value is -1.95. The van der Waals surface area contributed by atoms with Gasteiger partial charge in [0.1, 0.15) is 5.82 Å². The van der Waals surface area contributed by atoms with E-state index in [0.29, 0.717) is 5.82 Å². The summed E-state index contributed by atoms with van der Waals surface area (Å²) in [5, 5.41) is 13.5.